The van der Waals surface area contributed by atoms with Crippen molar-refractivity contribution in [2.45, 2.75) is 24.9 Å². The molecule has 0 bridgehead atoms. The summed E-state index contributed by atoms with van der Waals surface area (Å²) >= 11 is 0. The maximum Gasteiger partial charge on any atom is 0.311 e. The fraction of sp³-hybridized carbons (Fsp3) is 0.467. The van der Waals surface area contributed by atoms with Gasteiger partial charge in [0.05, 0.1) is 18.7 Å². The summed E-state index contributed by atoms with van der Waals surface area (Å²) in [6.07, 6.45) is 2.11. The summed E-state index contributed by atoms with van der Waals surface area (Å²) < 4.78 is 5.58. The number of methoxy groups -OCH3 is 1. The predicted molar refractivity (Wildman–Crippen MR) is 76.9 cm³/mol. The maximum absolute atomic E-state index is 11.6. The Morgan fingerprint density at radius 3 is 2.70 bits per heavy atom. The lowest BCUT2D eigenvalue weighted by atomic mass is 9.86. The third-order valence-corrected chi connectivity index (χ3v) is 3.73. The van der Waals surface area contributed by atoms with Gasteiger partial charge in [0.25, 0.3) is 0 Å². The summed E-state index contributed by atoms with van der Waals surface area (Å²) in [6, 6.07) is 9.26. The van der Waals surface area contributed by atoms with Crippen molar-refractivity contribution in [2.24, 2.45) is 5.10 Å². The minimum atomic E-state index is -0.837. The summed E-state index contributed by atoms with van der Waals surface area (Å²) in [5, 5.41) is 15.7. The molecule has 0 radical (unpaired) electrons. The molecule has 2 unspecified atom stereocenters. The molecule has 0 saturated heterocycles. The van der Waals surface area contributed by atoms with Gasteiger partial charge in [-0.2, -0.15) is 5.10 Å². The Hall–Kier alpha value is -1.88. The monoisotopic (exact) mass is 276 g/mol. The van der Waals surface area contributed by atoms with Crippen LogP contribution in [0, 0.1) is 0 Å². The van der Waals surface area contributed by atoms with E-state index in [2.05, 4.69) is 5.10 Å². The van der Waals surface area contributed by atoms with Crippen molar-refractivity contribution < 1.29 is 14.6 Å². The second-order valence-corrected chi connectivity index (χ2v) is 5.00. The molecule has 0 saturated carbocycles. The van der Waals surface area contributed by atoms with Gasteiger partial charge >= 0.3 is 5.97 Å². The quantitative estimate of drug-likeness (QED) is 0.862. The summed E-state index contributed by atoms with van der Waals surface area (Å²) in [4.78, 5) is 11.6. The first-order chi connectivity index (χ1) is 9.60. The van der Waals surface area contributed by atoms with Crippen LogP contribution in [0.25, 0.3) is 0 Å². The van der Waals surface area contributed by atoms with Crippen LogP contribution in [0.15, 0.2) is 35.4 Å². The van der Waals surface area contributed by atoms with Crippen LogP contribution >= 0.6 is 0 Å². The fourth-order valence-electron chi connectivity index (χ4n) is 2.47. The minimum Gasteiger partial charge on any atom is -0.481 e. The largest absolute Gasteiger partial charge is 0.481 e. The van der Waals surface area contributed by atoms with E-state index in [0.29, 0.717) is 13.0 Å². The van der Waals surface area contributed by atoms with Crippen LogP contribution in [0.5, 0.6) is 0 Å². The average Bonchev–Trinajstić information content (AvgIpc) is 2.89. The van der Waals surface area contributed by atoms with Gasteiger partial charge in [-0.25, -0.2) is 0 Å². The molecule has 1 aliphatic rings. The van der Waals surface area contributed by atoms with E-state index in [9.17, 15) is 9.90 Å². The van der Waals surface area contributed by atoms with Gasteiger partial charge in [0.15, 0.2) is 0 Å². The normalized spacial score (nSPS) is 23.0. The molecule has 0 aromatic heterocycles. The number of carboxylic acid groups (broad SMARTS) is 1. The van der Waals surface area contributed by atoms with Crippen molar-refractivity contribution in [2.75, 3.05) is 20.2 Å². The number of ether oxygens (including phenoxy) is 1. The molecule has 1 aromatic carbocycles. The third kappa shape index (κ3) is 2.99. The Kier molecular flexibility index (Phi) is 4.39. The minimum absolute atomic E-state index is 0.378. The SMILES string of the molecule is CCN1CC(CC(C(=O)O)c2ccccc2)(OC)C=N1. The molecular formula is C15H20N2O3. The number of hydrogen-bond acceptors (Lipinski definition) is 4. The van der Waals surface area contributed by atoms with Crippen molar-refractivity contribution in [3.05, 3.63) is 35.9 Å². The van der Waals surface area contributed by atoms with Gasteiger partial charge in [0.1, 0.15) is 5.60 Å². The first kappa shape index (κ1) is 14.5. The van der Waals surface area contributed by atoms with Crippen LogP contribution in [0.4, 0.5) is 0 Å². The van der Waals surface area contributed by atoms with Crippen molar-refractivity contribution in [1.29, 1.82) is 0 Å². The van der Waals surface area contributed by atoms with E-state index in [0.717, 1.165) is 12.1 Å². The molecule has 108 valence electrons. The summed E-state index contributed by atoms with van der Waals surface area (Å²) in [5.41, 5.74) is 0.161. The molecule has 2 rings (SSSR count). The molecule has 0 fully saturated rings. The van der Waals surface area contributed by atoms with Crippen molar-refractivity contribution in [1.82, 2.24) is 5.01 Å². The zero-order chi connectivity index (χ0) is 14.6. The molecule has 1 aromatic rings. The van der Waals surface area contributed by atoms with Crippen molar-refractivity contribution in [3.63, 3.8) is 0 Å². The van der Waals surface area contributed by atoms with E-state index in [-0.39, 0.29) is 0 Å². The van der Waals surface area contributed by atoms with Crippen LogP contribution in [0.2, 0.25) is 0 Å². The first-order valence-electron chi connectivity index (χ1n) is 6.73. The molecule has 0 spiro atoms. The molecule has 1 aliphatic heterocycles. The van der Waals surface area contributed by atoms with E-state index in [1.807, 2.05) is 42.3 Å². The van der Waals surface area contributed by atoms with E-state index in [1.165, 1.54) is 0 Å². The van der Waals surface area contributed by atoms with Gasteiger partial charge in [0, 0.05) is 20.1 Å². The van der Waals surface area contributed by atoms with Gasteiger partial charge in [-0.15, -0.1) is 0 Å². The zero-order valence-electron chi connectivity index (χ0n) is 11.8. The molecule has 20 heavy (non-hydrogen) atoms. The highest BCUT2D eigenvalue weighted by molar-refractivity contribution is 5.79. The molecule has 5 heteroatoms. The molecular weight excluding hydrogens is 256 g/mol. The molecule has 5 nitrogen and oxygen atoms in total. The van der Waals surface area contributed by atoms with Crippen LogP contribution in [-0.4, -0.2) is 48.1 Å². The average molecular weight is 276 g/mol. The van der Waals surface area contributed by atoms with Gasteiger partial charge in [-0.05, 0) is 12.5 Å². The summed E-state index contributed by atoms with van der Waals surface area (Å²) in [7, 11) is 1.61. The van der Waals surface area contributed by atoms with Crippen LogP contribution in [0.3, 0.4) is 0 Å². The Morgan fingerprint density at radius 2 is 2.20 bits per heavy atom. The highest BCUT2D eigenvalue weighted by atomic mass is 16.5. The standard InChI is InChI=1S/C15H20N2O3/c1-3-17-11-15(20-2,10-16-17)9-13(14(18)19)12-7-5-4-6-8-12/h4-8,10,13H,3,9,11H2,1-2H3,(H,18,19). The molecule has 1 N–H and O–H groups in total. The number of hydrogen-bond donors (Lipinski definition) is 1. The number of likely N-dealkylation sites (N-methyl/N-ethyl adjacent to an activating group) is 1. The van der Waals surface area contributed by atoms with Crippen LogP contribution in [0.1, 0.15) is 24.8 Å². The van der Waals surface area contributed by atoms with Crippen LogP contribution in [-0.2, 0) is 9.53 Å². The maximum atomic E-state index is 11.6. The van der Waals surface area contributed by atoms with Gasteiger partial charge in [-0.3, -0.25) is 9.80 Å². The highest BCUT2D eigenvalue weighted by Crippen LogP contribution is 2.31. The Bertz CT molecular complexity index is 489. The summed E-state index contributed by atoms with van der Waals surface area (Å²) in [6.45, 7) is 3.39. The van der Waals surface area contributed by atoms with Crippen LogP contribution < -0.4 is 0 Å². The van der Waals surface area contributed by atoms with E-state index < -0.39 is 17.5 Å². The lowest BCUT2D eigenvalue weighted by molar-refractivity contribution is -0.140. The lowest BCUT2D eigenvalue weighted by Gasteiger charge is -2.29. The van der Waals surface area contributed by atoms with Crippen molar-refractivity contribution >= 4 is 12.2 Å². The van der Waals surface area contributed by atoms with Gasteiger partial charge in [-0.1, -0.05) is 30.3 Å². The second kappa shape index (κ2) is 6.05. The summed E-state index contributed by atoms with van der Waals surface area (Å²) in [5.74, 6) is -1.43. The third-order valence-electron chi connectivity index (χ3n) is 3.73. The number of carbonyl (C=O) groups is 1. The Labute approximate surface area is 118 Å². The number of nitrogens with zero attached hydrogens (tertiary/aromatic N) is 2. The number of carboxylic acids is 1. The van der Waals surface area contributed by atoms with Gasteiger partial charge in [0.2, 0.25) is 0 Å². The van der Waals surface area contributed by atoms with E-state index >= 15 is 0 Å². The van der Waals surface area contributed by atoms with E-state index in [1.54, 1.807) is 13.3 Å². The zero-order valence-corrected chi connectivity index (χ0v) is 11.8. The fourth-order valence-corrected chi connectivity index (χ4v) is 2.47. The lowest BCUT2D eigenvalue weighted by Crippen LogP contribution is -2.41. The number of rotatable bonds is 6. The molecule has 1 heterocycles. The first-order valence-corrected chi connectivity index (χ1v) is 6.73. The smallest absolute Gasteiger partial charge is 0.311 e. The number of benzene rings is 1. The number of hydrazone groups is 1. The Morgan fingerprint density at radius 1 is 1.50 bits per heavy atom. The molecule has 0 amide bonds. The number of aliphatic carboxylic acids is 1. The topological polar surface area (TPSA) is 62.1 Å². The van der Waals surface area contributed by atoms with E-state index in [4.69, 9.17) is 4.74 Å². The molecule has 0 aliphatic carbocycles. The Balaban J connectivity index is 2.20. The van der Waals surface area contributed by atoms with Crippen molar-refractivity contribution in [3.8, 4) is 0 Å². The second-order valence-electron chi connectivity index (χ2n) is 5.00. The predicted octanol–water partition coefficient (Wildman–Crippen LogP) is 1.95. The molecule has 2 atom stereocenters. The highest BCUT2D eigenvalue weighted by Gasteiger charge is 2.39. The van der Waals surface area contributed by atoms with Gasteiger partial charge < -0.3 is 9.84 Å².